The van der Waals surface area contributed by atoms with Crippen LogP contribution in [0.2, 0.25) is 0 Å². The zero-order chi connectivity index (χ0) is 8.24. The topological polar surface area (TPSA) is 18.5 Å². The summed E-state index contributed by atoms with van der Waals surface area (Å²) in [6.45, 7) is 12.5. The van der Waals surface area contributed by atoms with E-state index in [1.165, 1.54) is 18.8 Å². The molecule has 0 heterocycles. The third-order valence-electron chi connectivity index (χ3n) is 0.477. The molecule has 0 aliphatic heterocycles. The number of hydrogen-bond acceptors (Lipinski definition) is 2. The van der Waals surface area contributed by atoms with Gasteiger partial charge in [-0.3, -0.25) is 0 Å². The molecule has 0 radical (unpaired) electrons. The first kappa shape index (κ1) is 11.6. The van der Waals surface area contributed by atoms with E-state index in [-0.39, 0.29) is 0 Å². The van der Waals surface area contributed by atoms with Crippen LogP contribution in [0.15, 0.2) is 38.5 Å². The van der Waals surface area contributed by atoms with Crippen LogP contribution in [0.3, 0.4) is 0 Å². The van der Waals surface area contributed by atoms with Crippen LogP contribution < -0.4 is 0 Å². The molecule has 0 spiro atoms. The van der Waals surface area contributed by atoms with Crippen LogP contribution in [0.1, 0.15) is 6.92 Å². The second-order valence-corrected chi connectivity index (χ2v) is 1.09. The fraction of sp³-hybridized carbons (Fsp3) is 0.250. The third-order valence-corrected chi connectivity index (χ3v) is 0.477. The zero-order valence-electron chi connectivity index (χ0n) is 6.38. The SMILES string of the molecule is C=COC=C.C=COCC. The quantitative estimate of drug-likeness (QED) is 0.561. The first-order valence-electron chi connectivity index (χ1n) is 2.93. The van der Waals surface area contributed by atoms with Crippen molar-refractivity contribution in [2.75, 3.05) is 6.61 Å². The third kappa shape index (κ3) is 29.0. The first-order chi connectivity index (χ1) is 4.83. The molecule has 58 valence electrons. The lowest BCUT2D eigenvalue weighted by atomic mass is 10.9. The Hall–Kier alpha value is -1.18. The molecule has 0 bridgehead atoms. The second kappa shape index (κ2) is 15.7. The molecule has 0 unspecified atom stereocenters. The molecule has 0 atom stereocenters. The summed E-state index contributed by atoms with van der Waals surface area (Å²) in [6, 6.07) is 0. The summed E-state index contributed by atoms with van der Waals surface area (Å²) in [5.74, 6) is 0. The molecule has 2 heteroatoms. The molecule has 0 N–H and O–H groups in total. The molecule has 0 fully saturated rings. The summed E-state index contributed by atoms with van der Waals surface area (Å²) in [7, 11) is 0. The summed E-state index contributed by atoms with van der Waals surface area (Å²) >= 11 is 0. The highest BCUT2D eigenvalue weighted by molar-refractivity contribution is 4.57. The lowest BCUT2D eigenvalue weighted by molar-refractivity contribution is 0.270. The van der Waals surface area contributed by atoms with E-state index < -0.39 is 0 Å². The highest BCUT2D eigenvalue weighted by Gasteiger charge is 1.55. The molecule has 10 heavy (non-hydrogen) atoms. The predicted octanol–water partition coefficient (Wildman–Crippen LogP) is 2.46. The van der Waals surface area contributed by atoms with Crippen molar-refractivity contribution in [3.8, 4) is 0 Å². The predicted molar refractivity (Wildman–Crippen MR) is 43.3 cm³/mol. The van der Waals surface area contributed by atoms with E-state index in [1.807, 2.05) is 6.92 Å². The monoisotopic (exact) mass is 142 g/mol. The largest absolute Gasteiger partial charge is 0.502 e. The van der Waals surface area contributed by atoms with Gasteiger partial charge in [-0.1, -0.05) is 19.7 Å². The van der Waals surface area contributed by atoms with Crippen LogP contribution in [0, 0.1) is 0 Å². The summed E-state index contributed by atoms with van der Waals surface area (Å²) in [5, 5.41) is 0. The fourth-order valence-corrected chi connectivity index (χ4v) is 0.186. The van der Waals surface area contributed by atoms with E-state index in [1.54, 1.807) is 0 Å². The molecule has 0 saturated carbocycles. The minimum atomic E-state index is 0.726. The standard InChI is InChI=1S/C4H8O.C4H6O/c2*1-3-5-4-2/h3H,1,4H2,2H3;3-4H,1-2H2. The van der Waals surface area contributed by atoms with Crippen LogP contribution in [0.25, 0.3) is 0 Å². The Kier molecular flexibility index (Phi) is 18.2. The van der Waals surface area contributed by atoms with Gasteiger partial charge in [-0.25, -0.2) is 0 Å². The van der Waals surface area contributed by atoms with Crippen LogP contribution >= 0.6 is 0 Å². The Morgan fingerprint density at radius 3 is 1.60 bits per heavy atom. The highest BCUT2D eigenvalue weighted by atomic mass is 16.5. The summed E-state index contributed by atoms with van der Waals surface area (Å²) in [6.07, 6.45) is 4.06. The molecule has 0 rings (SSSR count). The first-order valence-corrected chi connectivity index (χ1v) is 2.93. The lowest BCUT2D eigenvalue weighted by Crippen LogP contribution is -1.72. The molecule has 0 aliphatic carbocycles. The Morgan fingerprint density at radius 2 is 1.60 bits per heavy atom. The van der Waals surface area contributed by atoms with E-state index in [9.17, 15) is 0 Å². The van der Waals surface area contributed by atoms with Gasteiger partial charge in [0.1, 0.15) is 0 Å². The number of ether oxygens (including phenoxy) is 2. The number of rotatable bonds is 4. The van der Waals surface area contributed by atoms with Gasteiger partial charge in [0.25, 0.3) is 0 Å². The van der Waals surface area contributed by atoms with E-state index in [2.05, 4.69) is 29.2 Å². The molecule has 0 aromatic heterocycles. The van der Waals surface area contributed by atoms with Crippen LogP contribution in [-0.2, 0) is 9.47 Å². The van der Waals surface area contributed by atoms with Crippen molar-refractivity contribution in [1.82, 2.24) is 0 Å². The average Bonchev–Trinajstić information content (AvgIpc) is 1.93. The Balaban J connectivity index is 0. The highest BCUT2D eigenvalue weighted by Crippen LogP contribution is 1.66. The molecule has 2 nitrogen and oxygen atoms in total. The van der Waals surface area contributed by atoms with Gasteiger partial charge < -0.3 is 9.47 Å². The van der Waals surface area contributed by atoms with Crippen molar-refractivity contribution < 1.29 is 9.47 Å². The van der Waals surface area contributed by atoms with E-state index in [4.69, 9.17) is 0 Å². The molecule has 0 aromatic carbocycles. The van der Waals surface area contributed by atoms with Crippen molar-refractivity contribution in [3.05, 3.63) is 38.5 Å². The molecule has 0 amide bonds. The molecule has 0 saturated heterocycles. The van der Waals surface area contributed by atoms with Gasteiger partial charge in [-0.2, -0.15) is 0 Å². The van der Waals surface area contributed by atoms with Crippen molar-refractivity contribution in [1.29, 1.82) is 0 Å². The van der Waals surface area contributed by atoms with Crippen molar-refractivity contribution in [2.24, 2.45) is 0 Å². The minimum Gasteiger partial charge on any atom is -0.502 e. The van der Waals surface area contributed by atoms with Crippen LogP contribution in [-0.4, -0.2) is 6.61 Å². The zero-order valence-corrected chi connectivity index (χ0v) is 6.38. The second-order valence-electron chi connectivity index (χ2n) is 1.09. The lowest BCUT2D eigenvalue weighted by Gasteiger charge is -1.84. The van der Waals surface area contributed by atoms with Crippen molar-refractivity contribution >= 4 is 0 Å². The van der Waals surface area contributed by atoms with Gasteiger partial charge in [-0.05, 0) is 6.92 Å². The summed E-state index contributed by atoms with van der Waals surface area (Å²) in [5.41, 5.74) is 0. The molecular formula is C8H14O2. The normalized spacial score (nSPS) is 6.10. The summed E-state index contributed by atoms with van der Waals surface area (Å²) in [4.78, 5) is 0. The average molecular weight is 142 g/mol. The Morgan fingerprint density at radius 1 is 1.10 bits per heavy atom. The van der Waals surface area contributed by atoms with Crippen molar-refractivity contribution in [3.63, 3.8) is 0 Å². The van der Waals surface area contributed by atoms with Crippen molar-refractivity contribution in [2.45, 2.75) is 6.92 Å². The van der Waals surface area contributed by atoms with E-state index in [0.29, 0.717) is 0 Å². The molecular weight excluding hydrogens is 128 g/mol. The number of hydrogen-bond donors (Lipinski definition) is 0. The van der Waals surface area contributed by atoms with Gasteiger partial charge >= 0.3 is 0 Å². The minimum absolute atomic E-state index is 0.726. The maximum Gasteiger partial charge on any atom is 0.0844 e. The molecule has 0 aromatic rings. The van der Waals surface area contributed by atoms with Gasteiger partial charge in [-0.15, -0.1) is 0 Å². The summed E-state index contributed by atoms with van der Waals surface area (Å²) < 4.78 is 8.96. The van der Waals surface area contributed by atoms with Crippen LogP contribution in [0.5, 0.6) is 0 Å². The fourth-order valence-electron chi connectivity index (χ4n) is 0.186. The Labute approximate surface area is 62.5 Å². The molecule has 0 aliphatic rings. The van der Waals surface area contributed by atoms with E-state index in [0.717, 1.165) is 6.61 Å². The van der Waals surface area contributed by atoms with Crippen LogP contribution in [0.4, 0.5) is 0 Å². The van der Waals surface area contributed by atoms with Gasteiger partial charge in [0.05, 0.1) is 25.4 Å². The maximum absolute atomic E-state index is 4.60. The maximum atomic E-state index is 4.60. The van der Waals surface area contributed by atoms with Gasteiger partial charge in [0.15, 0.2) is 0 Å². The van der Waals surface area contributed by atoms with Gasteiger partial charge in [0.2, 0.25) is 0 Å². The van der Waals surface area contributed by atoms with Gasteiger partial charge in [0, 0.05) is 0 Å². The Bertz CT molecular complexity index is 81.3. The van der Waals surface area contributed by atoms with E-state index >= 15 is 0 Å². The smallest absolute Gasteiger partial charge is 0.0844 e.